The smallest absolute Gasteiger partial charge is 0.359 e. The fraction of sp³-hybridized carbons (Fsp3) is 0.412. The third-order valence-corrected chi connectivity index (χ3v) is 4.13. The third kappa shape index (κ3) is 3.99. The molecule has 1 saturated carbocycles. The Morgan fingerprint density at radius 3 is 2.68 bits per heavy atom. The molecule has 1 aliphatic carbocycles. The first-order valence-corrected chi connectivity index (χ1v) is 8.44. The predicted octanol–water partition coefficient (Wildman–Crippen LogP) is 2.36. The van der Waals surface area contributed by atoms with E-state index in [0.717, 1.165) is 24.2 Å². The minimum Gasteiger partial charge on any atom is -0.448 e. The maximum atomic E-state index is 12.4. The molecule has 1 unspecified atom stereocenters. The molecule has 0 aliphatic heterocycles. The number of hydrogen-bond donors (Lipinski definition) is 1. The molecule has 1 aliphatic rings. The molecule has 8 heteroatoms. The summed E-state index contributed by atoms with van der Waals surface area (Å²) in [7, 11) is 0. The quantitative estimate of drug-likeness (QED) is 0.825. The number of amides is 1. The van der Waals surface area contributed by atoms with Crippen molar-refractivity contribution >= 4 is 23.5 Å². The molecule has 1 atom stereocenters. The van der Waals surface area contributed by atoms with Crippen molar-refractivity contribution in [3.8, 4) is 5.82 Å². The van der Waals surface area contributed by atoms with Crippen LogP contribution in [0.15, 0.2) is 18.2 Å². The zero-order valence-corrected chi connectivity index (χ0v) is 15.0. The highest BCUT2D eigenvalue weighted by Gasteiger charge is 2.28. The van der Waals surface area contributed by atoms with Crippen LogP contribution in [-0.4, -0.2) is 38.8 Å². The van der Waals surface area contributed by atoms with Gasteiger partial charge < -0.3 is 10.1 Å². The minimum absolute atomic E-state index is 0.0437. The van der Waals surface area contributed by atoms with Crippen LogP contribution in [0.1, 0.15) is 41.6 Å². The number of nitrogens with zero attached hydrogens (tertiary/aromatic N) is 3. The molecular formula is C17H19ClN4O3. The van der Waals surface area contributed by atoms with Crippen molar-refractivity contribution in [1.82, 2.24) is 20.1 Å². The van der Waals surface area contributed by atoms with Gasteiger partial charge in [-0.05, 0) is 51.8 Å². The Morgan fingerprint density at radius 1 is 1.36 bits per heavy atom. The van der Waals surface area contributed by atoms with Gasteiger partial charge in [0.05, 0.1) is 10.7 Å². The van der Waals surface area contributed by atoms with E-state index >= 15 is 0 Å². The van der Waals surface area contributed by atoms with Gasteiger partial charge in [0.2, 0.25) is 0 Å². The van der Waals surface area contributed by atoms with Crippen LogP contribution in [0.3, 0.4) is 0 Å². The van der Waals surface area contributed by atoms with Crippen molar-refractivity contribution in [3.63, 3.8) is 0 Å². The Hall–Kier alpha value is -2.41. The van der Waals surface area contributed by atoms with E-state index in [9.17, 15) is 9.59 Å². The number of hydrogen-bond acceptors (Lipinski definition) is 5. The summed E-state index contributed by atoms with van der Waals surface area (Å²) in [5.41, 5.74) is 1.67. The first-order chi connectivity index (χ1) is 11.8. The number of esters is 1. The standard InChI is InChI=1S/C17H19ClN4O3/c1-9-8-10(2)22(21-9)14-7-6-13(18)15(20-14)17(24)25-11(3)16(23)19-12-4-5-12/h6-8,11-12H,4-5H2,1-3H3,(H,19,23). The number of rotatable bonds is 5. The van der Waals surface area contributed by atoms with Gasteiger partial charge in [-0.25, -0.2) is 14.5 Å². The van der Waals surface area contributed by atoms with Gasteiger partial charge in [-0.2, -0.15) is 5.10 Å². The van der Waals surface area contributed by atoms with E-state index < -0.39 is 12.1 Å². The Kier molecular flexibility index (Phi) is 4.76. The summed E-state index contributed by atoms with van der Waals surface area (Å²) >= 11 is 6.09. The van der Waals surface area contributed by atoms with Gasteiger partial charge in [-0.3, -0.25) is 4.79 Å². The van der Waals surface area contributed by atoms with E-state index in [4.69, 9.17) is 16.3 Å². The van der Waals surface area contributed by atoms with E-state index in [-0.39, 0.29) is 22.7 Å². The van der Waals surface area contributed by atoms with Crippen molar-refractivity contribution in [2.75, 3.05) is 0 Å². The predicted molar refractivity (Wildman–Crippen MR) is 91.9 cm³/mol. The number of aromatic nitrogens is 3. The van der Waals surface area contributed by atoms with Gasteiger partial charge >= 0.3 is 5.97 Å². The van der Waals surface area contributed by atoms with E-state index in [1.54, 1.807) is 16.8 Å². The first kappa shape index (κ1) is 17.4. The number of ether oxygens (including phenoxy) is 1. The largest absolute Gasteiger partial charge is 0.448 e. The molecule has 2 aromatic heterocycles. The molecule has 0 bridgehead atoms. The lowest BCUT2D eigenvalue weighted by Gasteiger charge is -2.14. The van der Waals surface area contributed by atoms with Crippen molar-refractivity contribution in [3.05, 3.63) is 40.3 Å². The molecule has 7 nitrogen and oxygen atoms in total. The summed E-state index contributed by atoms with van der Waals surface area (Å²) in [6, 6.07) is 5.33. The highest BCUT2D eigenvalue weighted by atomic mass is 35.5. The second kappa shape index (κ2) is 6.84. The Balaban J connectivity index is 1.78. The van der Waals surface area contributed by atoms with Gasteiger partial charge in [0, 0.05) is 11.7 Å². The van der Waals surface area contributed by atoms with Crippen molar-refractivity contribution in [2.24, 2.45) is 0 Å². The number of halogens is 1. The molecule has 132 valence electrons. The molecular weight excluding hydrogens is 344 g/mol. The van der Waals surface area contributed by atoms with Crippen LogP contribution in [0, 0.1) is 13.8 Å². The van der Waals surface area contributed by atoms with Crippen LogP contribution in [0.2, 0.25) is 5.02 Å². The van der Waals surface area contributed by atoms with Crippen LogP contribution in [0.4, 0.5) is 0 Å². The zero-order chi connectivity index (χ0) is 18.1. The molecule has 1 fully saturated rings. The molecule has 0 saturated heterocycles. The molecule has 2 heterocycles. The summed E-state index contributed by atoms with van der Waals surface area (Å²) < 4.78 is 6.82. The van der Waals surface area contributed by atoms with Gasteiger partial charge in [0.1, 0.15) is 0 Å². The fourth-order valence-corrected chi connectivity index (χ4v) is 2.55. The summed E-state index contributed by atoms with van der Waals surface area (Å²) in [6.45, 7) is 5.28. The lowest BCUT2D eigenvalue weighted by molar-refractivity contribution is -0.129. The number of pyridine rings is 1. The highest BCUT2D eigenvalue weighted by Crippen LogP contribution is 2.20. The van der Waals surface area contributed by atoms with Crippen LogP contribution >= 0.6 is 11.6 Å². The van der Waals surface area contributed by atoms with Gasteiger partial charge in [-0.15, -0.1) is 0 Å². The van der Waals surface area contributed by atoms with Crippen LogP contribution in [0.25, 0.3) is 5.82 Å². The first-order valence-electron chi connectivity index (χ1n) is 8.06. The monoisotopic (exact) mass is 362 g/mol. The lowest BCUT2D eigenvalue weighted by atomic mass is 10.3. The summed E-state index contributed by atoms with van der Waals surface area (Å²) in [5.74, 6) is -0.606. The van der Waals surface area contributed by atoms with Crippen molar-refractivity contribution < 1.29 is 14.3 Å². The number of carbonyl (C=O) groups is 2. The lowest BCUT2D eigenvalue weighted by Crippen LogP contribution is -2.37. The number of aryl methyl sites for hydroxylation is 2. The normalized spacial score (nSPS) is 14.9. The molecule has 3 rings (SSSR count). The molecule has 1 N–H and O–H groups in total. The van der Waals surface area contributed by atoms with E-state index in [1.807, 2.05) is 19.9 Å². The van der Waals surface area contributed by atoms with Crippen LogP contribution in [0.5, 0.6) is 0 Å². The average Bonchev–Trinajstić information content (AvgIpc) is 3.30. The Morgan fingerprint density at radius 2 is 2.08 bits per heavy atom. The van der Waals surface area contributed by atoms with E-state index in [0.29, 0.717) is 5.82 Å². The second-order valence-electron chi connectivity index (χ2n) is 6.17. The maximum Gasteiger partial charge on any atom is 0.359 e. The number of nitrogens with one attached hydrogen (secondary N) is 1. The third-order valence-electron chi connectivity index (χ3n) is 3.83. The minimum atomic E-state index is -0.914. The SMILES string of the molecule is Cc1cc(C)n(-c2ccc(Cl)c(C(=O)OC(C)C(=O)NC3CC3)n2)n1. The number of carbonyl (C=O) groups excluding carboxylic acids is 2. The van der Waals surface area contributed by atoms with E-state index in [2.05, 4.69) is 15.4 Å². The molecule has 1 amide bonds. The second-order valence-corrected chi connectivity index (χ2v) is 6.58. The zero-order valence-electron chi connectivity index (χ0n) is 14.2. The average molecular weight is 363 g/mol. The van der Waals surface area contributed by atoms with E-state index in [1.165, 1.54) is 6.92 Å². The maximum absolute atomic E-state index is 12.4. The van der Waals surface area contributed by atoms with Crippen molar-refractivity contribution in [2.45, 2.75) is 45.8 Å². The summed E-state index contributed by atoms with van der Waals surface area (Å²) in [5, 5.41) is 7.28. The van der Waals surface area contributed by atoms with Crippen LogP contribution in [-0.2, 0) is 9.53 Å². The van der Waals surface area contributed by atoms with Crippen LogP contribution < -0.4 is 5.32 Å². The molecule has 0 aromatic carbocycles. The van der Waals surface area contributed by atoms with Gasteiger partial charge in [0.25, 0.3) is 5.91 Å². The Bertz CT molecular complexity index is 829. The summed E-state index contributed by atoms with van der Waals surface area (Å²) in [4.78, 5) is 28.6. The fourth-order valence-electron chi connectivity index (χ4n) is 2.37. The van der Waals surface area contributed by atoms with Gasteiger partial charge in [-0.1, -0.05) is 11.6 Å². The molecule has 0 spiro atoms. The van der Waals surface area contributed by atoms with Crippen molar-refractivity contribution in [1.29, 1.82) is 0 Å². The highest BCUT2D eigenvalue weighted by molar-refractivity contribution is 6.33. The van der Waals surface area contributed by atoms with Gasteiger partial charge in [0.15, 0.2) is 17.6 Å². The molecule has 2 aromatic rings. The molecule has 0 radical (unpaired) electrons. The Labute approximate surface area is 150 Å². The molecule has 25 heavy (non-hydrogen) atoms. The topological polar surface area (TPSA) is 86.1 Å². The summed E-state index contributed by atoms with van der Waals surface area (Å²) in [6.07, 6.45) is 1.01.